The Hall–Kier alpha value is -2.47. The van der Waals surface area contributed by atoms with Crippen molar-refractivity contribution in [2.45, 2.75) is 26.8 Å². The van der Waals surface area contributed by atoms with E-state index >= 15 is 0 Å². The van der Waals surface area contributed by atoms with Crippen LogP contribution in [0.4, 0.5) is 5.69 Å². The van der Waals surface area contributed by atoms with E-state index in [9.17, 15) is 0 Å². The molecule has 0 fully saturated rings. The van der Waals surface area contributed by atoms with Crippen LogP contribution in [0.25, 0.3) is 0 Å². The molecular weight excluding hydrogens is 348 g/mol. The van der Waals surface area contributed by atoms with Gasteiger partial charge in [0, 0.05) is 11.8 Å². The molecule has 26 heavy (non-hydrogen) atoms. The van der Waals surface area contributed by atoms with Crippen molar-refractivity contribution < 1.29 is 14.2 Å². The predicted octanol–water partition coefficient (Wildman–Crippen LogP) is 4.07. The molecule has 0 unspecified atom stereocenters. The minimum Gasteiger partial charge on any atom is -0.493 e. The summed E-state index contributed by atoms with van der Waals surface area (Å²) in [6.07, 6.45) is 0. The zero-order valence-electron chi connectivity index (χ0n) is 15.9. The fourth-order valence-electron chi connectivity index (χ4n) is 2.37. The predicted molar refractivity (Wildman–Crippen MR) is 110 cm³/mol. The molecule has 0 aliphatic carbocycles. The van der Waals surface area contributed by atoms with Gasteiger partial charge in [-0.05, 0) is 68.4 Å². The zero-order valence-corrected chi connectivity index (χ0v) is 16.7. The van der Waals surface area contributed by atoms with Crippen LogP contribution in [0.1, 0.15) is 18.1 Å². The number of benzene rings is 2. The molecule has 0 saturated heterocycles. The van der Waals surface area contributed by atoms with Crippen LogP contribution >= 0.6 is 12.2 Å². The Bertz CT molecular complexity index is 765. The van der Waals surface area contributed by atoms with E-state index in [1.807, 2.05) is 37.3 Å². The lowest BCUT2D eigenvalue weighted by molar-refractivity contribution is 0.287. The third-order valence-corrected chi connectivity index (χ3v) is 4.22. The van der Waals surface area contributed by atoms with Crippen molar-refractivity contribution in [2.75, 3.05) is 26.1 Å². The summed E-state index contributed by atoms with van der Waals surface area (Å²) in [4.78, 5) is 0. The molecule has 5 nitrogen and oxygen atoms in total. The van der Waals surface area contributed by atoms with Crippen molar-refractivity contribution in [2.24, 2.45) is 0 Å². The maximum Gasteiger partial charge on any atom is 0.171 e. The van der Waals surface area contributed by atoms with E-state index in [-0.39, 0.29) is 6.04 Å². The van der Waals surface area contributed by atoms with Crippen molar-refractivity contribution >= 4 is 23.0 Å². The Morgan fingerprint density at radius 3 is 2.38 bits per heavy atom. The molecule has 1 atom stereocenters. The van der Waals surface area contributed by atoms with Crippen LogP contribution in [0.3, 0.4) is 0 Å². The highest BCUT2D eigenvalue weighted by Crippen LogP contribution is 2.29. The van der Waals surface area contributed by atoms with Gasteiger partial charge in [0.05, 0.1) is 20.3 Å². The van der Waals surface area contributed by atoms with Crippen molar-refractivity contribution in [1.29, 1.82) is 0 Å². The lowest BCUT2D eigenvalue weighted by Crippen LogP contribution is -2.39. The smallest absolute Gasteiger partial charge is 0.171 e. The van der Waals surface area contributed by atoms with Crippen molar-refractivity contribution in [1.82, 2.24) is 5.32 Å². The van der Waals surface area contributed by atoms with Crippen molar-refractivity contribution in [3.8, 4) is 17.2 Å². The molecule has 2 rings (SSSR count). The molecule has 2 aromatic carbocycles. The number of ether oxygens (including phenoxy) is 3. The molecule has 2 N–H and O–H groups in total. The van der Waals surface area contributed by atoms with Gasteiger partial charge in [0.15, 0.2) is 16.6 Å². The minimum absolute atomic E-state index is 0.0525. The highest BCUT2D eigenvalue weighted by atomic mass is 32.1. The quantitative estimate of drug-likeness (QED) is 0.713. The summed E-state index contributed by atoms with van der Waals surface area (Å²) < 4.78 is 16.4. The second-order valence-corrected chi connectivity index (χ2v) is 6.53. The third kappa shape index (κ3) is 5.52. The molecule has 0 spiro atoms. The summed E-state index contributed by atoms with van der Waals surface area (Å²) >= 11 is 5.37. The number of thiocarbonyl (C=S) groups is 1. The van der Waals surface area contributed by atoms with E-state index in [0.29, 0.717) is 23.2 Å². The van der Waals surface area contributed by atoms with Crippen molar-refractivity contribution in [3.05, 3.63) is 47.5 Å². The van der Waals surface area contributed by atoms with Gasteiger partial charge < -0.3 is 24.8 Å². The molecule has 140 valence electrons. The number of anilines is 1. The molecule has 0 bridgehead atoms. The SMILES string of the molecule is COc1ccc(NC(=S)N[C@H](C)COc2ccc(C)c(C)c2)cc1OC. The lowest BCUT2D eigenvalue weighted by Gasteiger charge is -2.18. The second kappa shape index (κ2) is 9.29. The Balaban J connectivity index is 1.85. The van der Waals surface area contributed by atoms with E-state index in [4.69, 9.17) is 26.4 Å². The molecule has 0 amide bonds. The topological polar surface area (TPSA) is 51.8 Å². The van der Waals surface area contributed by atoms with Gasteiger partial charge in [-0.2, -0.15) is 0 Å². The Morgan fingerprint density at radius 2 is 1.73 bits per heavy atom. The van der Waals surface area contributed by atoms with Crippen LogP contribution < -0.4 is 24.8 Å². The highest BCUT2D eigenvalue weighted by molar-refractivity contribution is 7.80. The molecule has 0 aromatic heterocycles. The molecule has 0 saturated carbocycles. The maximum atomic E-state index is 5.84. The first-order valence-electron chi connectivity index (χ1n) is 8.42. The largest absolute Gasteiger partial charge is 0.493 e. The first-order valence-corrected chi connectivity index (χ1v) is 8.83. The summed E-state index contributed by atoms with van der Waals surface area (Å²) in [6, 6.07) is 11.7. The molecule has 6 heteroatoms. The number of aryl methyl sites for hydroxylation is 2. The highest BCUT2D eigenvalue weighted by Gasteiger charge is 2.08. The van der Waals surface area contributed by atoms with E-state index in [1.54, 1.807) is 14.2 Å². The van der Waals surface area contributed by atoms with Gasteiger partial charge in [-0.15, -0.1) is 0 Å². The van der Waals surface area contributed by atoms with Crippen LogP contribution in [0, 0.1) is 13.8 Å². The lowest BCUT2D eigenvalue weighted by atomic mass is 10.1. The Kier molecular flexibility index (Phi) is 7.09. The average Bonchev–Trinajstić information content (AvgIpc) is 2.62. The van der Waals surface area contributed by atoms with Gasteiger partial charge in [0.1, 0.15) is 12.4 Å². The summed E-state index contributed by atoms with van der Waals surface area (Å²) in [5.41, 5.74) is 3.29. The molecule has 0 radical (unpaired) electrons. The van der Waals surface area contributed by atoms with Gasteiger partial charge >= 0.3 is 0 Å². The average molecular weight is 375 g/mol. The summed E-state index contributed by atoms with van der Waals surface area (Å²) in [7, 11) is 3.21. The molecule has 0 heterocycles. The van der Waals surface area contributed by atoms with Crippen LogP contribution in [-0.2, 0) is 0 Å². The number of hydrogen-bond acceptors (Lipinski definition) is 4. The number of nitrogens with one attached hydrogen (secondary N) is 2. The summed E-state index contributed by atoms with van der Waals surface area (Å²) in [6.45, 7) is 6.69. The fraction of sp³-hybridized carbons (Fsp3) is 0.350. The second-order valence-electron chi connectivity index (χ2n) is 6.13. The van der Waals surface area contributed by atoms with E-state index < -0.39 is 0 Å². The van der Waals surface area contributed by atoms with Crippen molar-refractivity contribution in [3.63, 3.8) is 0 Å². The third-order valence-electron chi connectivity index (χ3n) is 4.00. The molecule has 2 aromatic rings. The molecule has 0 aliphatic rings. The van der Waals surface area contributed by atoms with Crippen LogP contribution in [-0.4, -0.2) is 32.0 Å². The summed E-state index contributed by atoms with van der Waals surface area (Å²) in [5.74, 6) is 2.18. The standard InChI is InChI=1S/C20H26N2O3S/c1-13-6-8-17(10-14(13)2)25-12-15(3)21-20(26)22-16-7-9-18(23-4)19(11-16)24-5/h6-11,15H,12H2,1-5H3,(H2,21,22,26)/t15-/m1/s1. The molecule has 0 aliphatic heterocycles. The fourth-order valence-corrected chi connectivity index (χ4v) is 2.69. The first-order chi connectivity index (χ1) is 12.4. The number of methoxy groups -OCH3 is 2. The van der Waals surface area contributed by atoms with Crippen LogP contribution in [0.2, 0.25) is 0 Å². The first kappa shape index (κ1) is 19.8. The normalized spacial score (nSPS) is 11.4. The molecular formula is C20H26N2O3S. The van der Waals surface area contributed by atoms with Gasteiger partial charge in [-0.1, -0.05) is 6.07 Å². The van der Waals surface area contributed by atoms with E-state index in [1.165, 1.54) is 11.1 Å². The van der Waals surface area contributed by atoms with Gasteiger partial charge in [-0.25, -0.2) is 0 Å². The monoisotopic (exact) mass is 374 g/mol. The summed E-state index contributed by atoms with van der Waals surface area (Å²) in [5, 5.41) is 6.88. The van der Waals surface area contributed by atoms with Crippen LogP contribution in [0.5, 0.6) is 17.2 Å². The van der Waals surface area contributed by atoms with E-state index in [0.717, 1.165) is 11.4 Å². The number of rotatable bonds is 7. The number of hydrogen-bond donors (Lipinski definition) is 2. The Morgan fingerprint density at radius 1 is 1.00 bits per heavy atom. The zero-order chi connectivity index (χ0) is 19.1. The Labute approximate surface area is 160 Å². The van der Waals surface area contributed by atoms with Crippen LogP contribution in [0.15, 0.2) is 36.4 Å². The maximum absolute atomic E-state index is 5.84. The van der Waals surface area contributed by atoms with Gasteiger partial charge in [-0.3, -0.25) is 0 Å². The minimum atomic E-state index is 0.0525. The van der Waals surface area contributed by atoms with Gasteiger partial charge in [0.25, 0.3) is 0 Å². The van der Waals surface area contributed by atoms with E-state index in [2.05, 4.69) is 30.5 Å². The van der Waals surface area contributed by atoms with Gasteiger partial charge in [0.2, 0.25) is 0 Å².